The van der Waals surface area contributed by atoms with Gasteiger partial charge in [-0.3, -0.25) is 4.79 Å². The molecule has 0 fully saturated rings. The lowest BCUT2D eigenvalue weighted by atomic mass is 10.0. The van der Waals surface area contributed by atoms with Gasteiger partial charge in [-0.2, -0.15) is 4.80 Å². The molecular formula is C29H19ClN4O3. The van der Waals surface area contributed by atoms with Gasteiger partial charge in [0.2, 0.25) is 0 Å². The Balaban J connectivity index is 1.25. The van der Waals surface area contributed by atoms with Crippen LogP contribution in [-0.2, 0) is 0 Å². The van der Waals surface area contributed by atoms with E-state index in [9.17, 15) is 9.59 Å². The van der Waals surface area contributed by atoms with E-state index in [1.807, 2.05) is 43.3 Å². The molecular weight excluding hydrogens is 488 g/mol. The van der Waals surface area contributed by atoms with Gasteiger partial charge in [-0.15, -0.1) is 10.2 Å². The average molecular weight is 507 g/mol. The second-order valence-electron chi connectivity index (χ2n) is 8.64. The number of hydrogen-bond donors (Lipinski definition) is 1. The number of benzene rings is 4. The lowest BCUT2D eigenvalue weighted by molar-refractivity contribution is 0.102. The van der Waals surface area contributed by atoms with E-state index < -0.39 is 5.63 Å². The summed E-state index contributed by atoms with van der Waals surface area (Å²) in [5.74, 6) is -0.273. The topological polar surface area (TPSA) is 90.0 Å². The van der Waals surface area contributed by atoms with Crippen LogP contribution in [0.1, 0.15) is 15.9 Å². The summed E-state index contributed by atoms with van der Waals surface area (Å²) in [6, 6.07) is 26.9. The fourth-order valence-corrected chi connectivity index (χ4v) is 4.28. The summed E-state index contributed by atoms with van der Waals surface area (Å²) in [4.78, 5) is 27.0. The summed E-state index contributed by atoms with van der Waals surface area (Å²) in [5, 5.41) is 13.5. The summed E-state index contributed by atoms with van der Waals surface area (Å²) >= 11 is 5.98. The van der Waals surface area contributed by atoms with Crippen LogP contribution in [0.15, 0.2) is 100 Å². The second-order valence-corrected chi connectivity index (χ2v) is 9.07. The zero-order chi connectivity index (χ0) is 25.5. The molecule has 180 valence electrons. The summed E-state index contributed by atoms with van der Waals surface area (Å²) in [5.41, 5.74) is 5.32. The van der Waals surface area contributed by atoms with Gasteiger partial charge in [-0.1, -0.05) is 41.9 Å². The van der Waals surface area contributed by atoms with E-state index in [-0.39, 0.29) is 5.91 Å². The molecule has 0 aliphatic carbocycles. The van der Waals surface area contributed by atoms with E-state index in [0.29, 0.717) is 44.0 Å². The first-order valence-electron chi connectivity index (χ1n) is 11.5. The molecule has 8 heteroatoms. The Bertz CT molecular complexity index is 1860. The molecule has 6 rings (SSSR count). The highest BCUT2D eigenvalue weighted by molar-refractivity contribution is 6.30. The summed E-state index contributed by atoms with van der Waals surface area (Å²) in [6.07, 6.45) is 0. The number of halogens is 1. The number of nitrogens with one attached hydrogen (secondary N) is 1. The number of nitrogens with zero attached hydrogens (tertiary/aromatic N) is 3. The highest BCUT2D eigenvalue weighted by atomic mass is 35.5. The Labute approximate surface area is 215 Å². The molecule has 6 aromatic rings. The summed E-state index contributed by atoms with van der Waals surface area (Å²) in [6.45, 7) is 1.90. The molecule has 1 amide bonds. The molecule has 1 N–H and O–H groups in total. The van der Waals surface area contributed by atoms with Crippen molar-refractivity contribution in [2.45, 2.75) is 6.92 Å². The van der Waals surface area contributed by atoms with Crippen LogP contribution < -0.4 is 10.9 Å². The summed E-state index contributed by atoms with van der Waals surface area (Å²) in [7, 11) is 0. The van der Waals surface area contributed by atoms with Crippen molar-refractivity contribution in [3.05, 3.63) is 118 Å². The lowest BCUT2D eigenvalue weighted by Gasteiger charge is -2.09. The number of amides is 1. The Kier molecular flexibility index (Phi) is 5.54. The Hall–Kier alpha value is -4.75. The van der Waals surface area contributed by atoms with Crippen molar-refractivity contribution in [1.29, 1.82) is 0 Å². The third-order valence-electron chi connectivity index (χ3n) is 6.13. The smallest absolute Gasteiger partial charge is 0.344 e. The monoisotopic (exact) mass is 506 g/mol. The predicted molar refractivity (Wildman–Crippen MR) is 144 cm³/mol. The van der Waals surface area contributed by atoms with Crippen molar-refractivity contribution in [3.63, 3.8) is 0 Å². The molecule has 7 nitrogen and oxygen atoms in total. The van der Waals surface area contributed by atoms with Crippen molar-refractivity contribution < 1.29 is 9.21 Å². The Morgan fingerprint density at radius 2 is 1.59 bits per heavy atom. The van der Waals surface area contributed by atoms with Crippen LogP contribution in [0, 0.1) is 6.92 Å². The maximum Gasteiger partial charge on any atom is 0.344 e. The fourth-order valence-electron chi connectivity index (χ4n) is 4.15. The van der Waals surface area contributed by atoms with E-state index in [2.05, 4.69) is 15.5 Å². The third kappa shape index (κ3) is 4.37. The van der Waals surface area contributed by atoms with Crippen molar-refractivity contribution >= 4 is 45.2 Å². The standard InChI is InChI=1S/C29H19ClN4O3/c1-17-14-25-26(33-34(32-25)22-12-10-21(30)11-13-22)16-24(17)31-28(35)19-8-6-18(7-9-19)23-15-20-4-2-3-5-27(20)37-29(23)36/h2-16H,1H3,(H,31,35). The maximum absolute atomic E-state index is 13.0. The third-order valence-corrected chi connectivity index (χ3v) is 6.38. The minimum absolute atomic E-state index is 0.273. The van der Waals surface area contributed by atoms with Crippen LogP contribution in [0.25, 0.3) is 38.8 Å². The van der Waals surface area contributed by atoms with Crippen LogP contribution in [0.5, 0.6) is 0 Å². The number of para-hydroxylation sites is 1. The predicted octanol–water partition coefficient (Wildman–Crippen LogP) is 6.41. The van der Waals surface area contributed by atoms with Crippen molar-refractivity contribution in [3.8, 4) is 16.8 Å². The maximum atomic E-state index is 13.0. The molecule has 0 spiro atoms. The van der Waals surface area contributed by atoms with Crippen molar-refractivity contribution in [2.24, 2.45) is 0 Å². The number of aromatic nitrogens is 3. The van der Waals surface area contributed by atoms with Crippen molar-refractivity contribution in [2.75, 3.05) is 5.32 Å². The molecule has 0 saturated heterocycles. The van der Waals surface area contributed by atoms with Gasteiger partial charge >= 0.3 is 5.63 Å². The van der Waals surface area contributed by atoms with Gasteiger partial charge < -0.3 is 9.73 Å². The highest BCUT2D eigenvalue weighted by Gasteiger charge is 2.13. The largest absolute Gasteiger partial charge is 0.422 e. The highest BCUT2D eigenvalue weighted by Crippen LogP contribution is 2.25. The van der Waals surface area contributed by atoms with Gasteiger partial charge in [-0.05, 0) is 78.7 Å². The molecule has 2 heterocycles. The van der Waals surface area contributed by atoms with Crippen LogP contribution in [-0.4, -0.2) is 20.9 Å². The van der Waals surface area contributed by atoms with Crippen LogP contribution in [0.3, 0.4) is 0 Å². The van der Waals surface area contributed by atoms with Crippen LogP contribution in [0.4, 0.5) is 5.69 Å². The fraction of sp³-hybridized carbons (Fsp3) is 0.0345. The molecule has 4 aromatic carbocycles. The van der Waals surface area contributed by atoms with E-state index >= 15 is 0 Å². The number of carbonyl (C=O) groups is 1. The van der Waals surface area contributed by atoms with Gasteiger partial charge in [0.1, 0.15) is 16.6 Å². The Morgan fingerprint density at radius 3 is 2.35 bits per heavy atom. The number of aryl methyl sites for hydroxylation is 1. The van der Waals surface area contributed by atoms with E-state index in [1.54, 1.807) is 54.6 Å². The molecule has 0 atom stereocenters. The minimum atomic E-state index is -0.425. The van der Waals surface area contributed by atoms with Gasteiger partial charge in [0.25, 0.3) is 5.91 Å². The van der Waals surface area contributed by atoms with Crippen LogP contribution in [0.2, 0.25) is 5.02 Å². The minimum Gasteiger partial charge on any atom is -0.422 e. The first kappa shape index (κ1) is 22.7. The lowest BCUT2D eigenvalue weighted by Crippen LogP contribution is -2.13. The SMILES string of the molecule is Cc1cc2nn(-c3ccc(Cl)cc3)nc2cc1NC(=O)c1ccc(-c2cc3ccccc3oc2=O)cc1. The molecule has 0 saturated carbocycles. The molecule has 0 aliphatic heterocycles. The summed E-state index contributed by atoms with van der Waals surface area (Å²) < 4.78 is 5.43. The quantitative estimate of drug-likeness (QED) is 0.279. The zero-order valence-electron chi connectivity index (χ0n) is 19.6. The first-order chi connectivity index (χ1) is 17.9. The van der Waals surface area contributed by atoms with Gasteiger partial charge in [0.05, 0.1) is 11.3 Å². The molecule has 37 heavy (non-hydrogen) atoms. The number of hydrogen-bond acceptors (Lipinski definition) is 5. The van der Waals surface area contributed by atoms with Crippen LogP contribution >= 0.6 is 11.6 Å². The molecule has 0 radical (unpaired) electrons. The van der Waals surface area contributed by atoms with Gasteiger partial charge in [0, 0.05) is 21.7 Å². The van der Waals surface area contributed by atoms with E-state index in [1.165, 1.54) is 4.80 Å². The number of carbonyl (C=O) groups excluding carboxylic acids is 1. The molecule has 0 unspecified atom stereocenters. The van der Waals surface area contributed by atoms with Gasteiger partial charge in [0.15, 0.2) is 0 Å². The van der Waals surface area contributed by atoms with E-state index in [4.69, 9.17) is 16.0 Å². The zero-order valence-corrected chi connectivity index (χ0v) is 20.4. The molecule has 0 bridgehead atoms. The van der Waals surface area contributed by atoms with Gasteiger partial charge in [-0.25, -0.2) is 4.79 Å². The first-order valence-corrected chi connectivity index (χ1v) is 11.9. The Morgan fingerprint density at radius 1 is 0.892 bits per heavy atom. The average Bonchev–Trinajstić information content (AvgIpc) is 3.31. The number of rotatable bonds is 4. The van der Waals surface area contributed by atoms with E-state index in [0.717, 1.165) is 16.6 Å². The number of fused-ring (bicyclic) bond motifs is 2. The van der Waals surface area contributed by atoms with Crippen molar-refractivity contribution in [1.82, 2.24) is 15.0 Å². The molecule has 2 aromatic heterocycles. The molecule has 0 aliphatic rings. The normalized spacial score (nSPS) is 11.2. The second kappa shape index (κ2) is 9.04. The number of anilines is 1.